The molecule has 0 amide bonds. The first-order valence-corrected chi connectivity index (χ1v) is 5.56. The lowest BCUT2D eigenvalue weighted by Crippen LogP contribution is -2.18. The van der Waals surface area contributed by atoms with E-state index >= 15 is 0 Å². The molecule has 0 aliphatic heterocycles. The van der Waals surface area contributed by atoms with Gasteiger partial charge in [0.1, 0.15) is 0 Å². The van der Waals surface area contributed by atoms with Crippen LogP contribution < -0.4 is 5.32 Å². The van der Waals surface area contributed by atoms with Crippen molar-refractivity contribution >= 4 is 0 Å². The zero-order valence-electron chi connectivity index (χ0n) is 9.56. The number of nitrogens with one attached hydrogen (secondary N) is 1. The number of aromatic nitrogens is 2. The Morgan fingerprint density at radius 1 is 1.38 bits per heavy atom. The Balaban J connectivity index is 1.72. The Morgan fingerprint density at radius 2 is 2.31 bits per heavy atom. The molecule has 0 fully saturated rings. The predicted octanol–water partition coefficient (Wildman–Crippen LogP) is 1.98. The molecule has 0 saturated carbocycles. The molecule has 0 spiro atoms. The second-order valence-corrected chi connectivity index (χ2v) is 3.97. The van der Waals surface area contributed by atoms with Crippen molar-refractivity contribution in [3.63, 3.8) is 0 Å². The Bertz CT molecular complexity index is 421. The highest BCUT2D eigenvalue weighted by Crippen LogP contribution is 2.02. The fourth-order valence-electron chi connectivity index (χ4n) is 1.68. The summed E-state index contributed by atoms with van der Waals surface area (Å²) in [6, 6.07) is 8.58. The van der Waals surface area contributed by atoms with Crippen LogP contribution in [0.5, 0.6) is 0 Å². The first-order chi connectivity index (χ1) is 7.84. The van der Waals surface area contributed by atoms with Crippen LogP contribution in [0.4, 0.5) is 0 Å². The van der Waals surface area contributed by atoms with Gasteiger partial charge in [-0.2, -0.15) is 0 Å². The fraction of sp³-hybridized carbons (Fsp3) is 0.308. The number of hydrogen-bond donors (Lipinski definition) is 1. The van der Waals surface area contributed by atoms with Gasteiger partial charge in [0, 0.05) is 32.0 Å². The van der Waals surface area contributed by atoms with E-state index in [1.807, 2.05) is 12.5 Å². The van der Waals surface area contributed by atoms with Gasteiger partial charge in [0.05, 0.1) is 6.33 Å². The highest BCUT2D eigenvalue weighted by atomic mass is 15.0. The summed E-state index contributed by atoms with van der Waals surface area (Å²) < 4.78 is 2.07. The molecule has 3 nitrogen and oxygen atoms in total. The molecule has 1 aromatic carbocycles. The number of hydrogen-bond acceptors (Lipinski definition) is 2. The number of nitrogens with zero attached hydrogens (tertiary/aromatic N) is 2. The average Bonchev–Trinajstić information content (AvgIpc) is 2.77. The van der Waals surface area contributed by atoms with Crippen LogP contribution >= 0.6 is 0 Å². The van der Waals surface area contributed by atoms with Gasteiger partial charge in [-0.1, -0.05) is 29.8 Å². The average molecular weight is 215 g/mol. The largest absolute Gasteiger partial charge is 0.336 e. The Hall–Kier alpha value is -1.61. The number of benzene rings is 1. The maximum atomic E-state index is 4.01. The molecule has 0 radical (unpaired) electrons. The third kappa shape index (κ3) is 3.21. The van der Waals surface area contributed by atoms with E-state index in [1.54, 1.807) is 6.20 Å². The number of rotatable bonds is 5. The Morgan fingerprint density at radius 3 is 3.06 bits per heavy atom. The molecule has 0 aliphatic rings. The molecule has 1 aromatic heterocycles. The summed E-state index contributed by atoms with van der Waals surface area (Å²) in [5.41, 5.74) is 2.65. The van der Waals surface area contributed by atoms with Gasteiger partial charge >= 0.3 is 0 Å². The standard InChI is InChI=1S/C13H17N3/c1-12-3-2-4-13(9-12)10-14-5-7-16-8-6-15-11-16/h2-4,6,8-9,11,14H,5,7,10H2,1H3. The molecule has 0 unspecified atom stereocenters. The molecule has 2 aromatic rings. The summed E-state index contributed by atoms with van der Waals surface area (Å²) in [7, 11) is 0. The van der Waals surface area contributed by atoms with Crippen molar-refractivity contribution in [3.05, 3.63) is 54.1 Å². The van der Waals surface area contributed by atoms with E-state index in [4.69, 9.17) is 0 Å². The third-order valence-corrected chi connectivity index (χ3v) is 2.52. The summed E-state index contributed by atoms with van der Waals surface area (Å²) >= 11 is 0. The molecule has 0 bridgehead atoms. The summed E-state index contributed by atoms with van der Waals surface area (Å²) in [5.74, 6) is 0. The van der Waals surface area contributed by atoms with Gasteiger partial charge in [0.2, 0.25) is 0 Å². The summed E-state index contributed by atoms with van der Waals surface area (Å²) in [6.45, 7) is 4.97. The minimum atomic E-state index is 0.927. The maximum Gasteiger partial charge on any atom is 0.0946 e. The van der Waals surface area contributed by atoms with Gasteiger partial charge in [0.25, 0.3) is 0 Å². The minimum absolute atomic E-state index is 0.927. The van der Waals surface area contributed by atoms with Gasteiger partial charge in [-0.15, -0.1) is 0 Å². The van der Waals surface area contributed by atoms with Crippen LogP contribution in [0.2, 0.25) is 0 Å². The molecule has 0 atom stereocenters. The lowest BCUT2D eigenvalue weighted by Gasteiger charge is -2.06. The molecular weight excluding hydrogens is 198 g/mol. The highest BCUT2D eigenvalue weighted by Gasteiger charge is 1.93. The first kappa shape index (κ1) is 10.9. The molecule has 1 N–H and O–H groups in total. The van der Waals surface area contributed by atoms with Crippen molar-refractivity contribution in [2.75, 3.05) is 6.54 Å². The highest BCUT2D eigenvalue weighted by molar-refractivity contribution is 5.21. The first-order valence-electron chi connectivity index (χ1n) is 5.56. The van der Waals surface area contributed by atoms with Gasteiger partial charge < -0.3 is 9.88 Å². The van der Waals surface area contributed by atoms with E-state index < -0.39 is 0 Å². The van der Waals surface area contributed by atoms with Crippen LogP contribution in [0.3, 0.4) is 0 Å². The summed E-state index contributed by atoms with van der Waals surface area (Å²) in [5, 5.41) is 3.42. The lowest BCUT2D eigenvalue weighted by atomic mass is 10.1. The normalized spacial score (nSPS) is 10.6. The molecule has 0 saturated heterocycles. The van der Waals surface area contributed by atoms with Gasteiger partial charge in [-0.25, -0.2) is 4.98 Å². The van der Waals surface area contributed by atoms with Crippen LogP contribution in [0.15, 0.2) is 43.0 Å². The zero-order chi connectivity index (χ0) is 11.2. The van der Waals surface area contributed by atoms with Gasteiger partial charge in [0.15, 0.2) is 0 Å². The monoisotopic (exact) mass is 215 g/mol. The molecule has 84 valence electrons. The van der Waals surface area contributed by atoms with Crippen LogP contribution in [-0.2, 0) is 13.1 Å². The van der Waals surface area contributed by atoms with E-state index in [0.29, 0.717) is 0 Å². The smallest absolute Gasteiger partial charge is 0.0946 e. The van der Waals surface area contributed by atoms with Gasteiger partial charge in [-0.05, 0) is 12.5 Å². The number of imidazole rings is 1. The van der Waals surface area contributed by atoms with Crippen molar-refractivity contribution in [2.45, 2.75) is 20.0 Å². The molecule has 1 heterocycles. The van der Waals surface area contributed by atoms with Crippen LogP contribution in [0, 0.1) is 6.92 Å². The maximum absolute atomic E-state index is 4.01. The van der Waals surface area contributed by atoms with Crippen molar-refractivity contribution in [1.82, 2.24) is 14.9 Å². The third-order valence-electron chi connectivity index (χ3n) is 2.52. The van der Waals surface area contributed by atoms with E-state index in [9.17, 15) is 0 Å². The fourth-order valence-corrected chi connectivity index (χ4v) is 1.68. The molecule has 3 heteroatoms. The predicted molar refractivity (Wildman–Crippen MR) is 65.1 cm³/mol. The molecule has 16 heavy (non-hydrogen) atoms. The molecule has 0 aliphatic carbocycles. The summed E-state index contributed by atoms with van der Waals surface area (Å²) in [6.07, 6.45) is 5.63. The van der Waals surface area contributed by atoms with Crippen LogP contribution in [0.1, 0.15) is 11.1 Å². The van der Waals surface area contributed by atoms with Crippen molar-refractivity contribution < 1.29 is 0 Å². The van der Waals surface area contributed by atoms with E-state index in [0.717, 1.165) is 19.6 Å². The Kier molecular flexibility index (Phi) is 3.72. The quantitative estimate of drug-likeness (QED) is 0.773. The Labute approximate surface area is 96.1 Å². The summed E-state index contributed by atoms with van der Waals surface area (Å²) in [4.78, 5) is 4.01. The van der Waals surface area contributed by atoms with Crippen molar-refractivity contribution in [1.29, 1.82) is 0 Å². The van der Waals surface area contributed by atoms with Crippen molar-refractivity contribution in [3.8, 4) is 0 Å². The second kappa shape index (κ2) is 5.47. The zero-order valence-corrected chi connectivity index (χ0v) is 9.56. The van der Waals surface area contributed by atoms with E-state index in [1.165, 1.54) is 11.1 Å². The van der Waals surface area contributed by atoms with E-state index in [-0.39, 0.29) is 0 Å². The number of aryl methyl sites for hydroxylation is 1. The topological polar surface area (TPSA) is 29.9 Å². The van der Waals surface area contributed by atoms with Gasteiger partial charge in [-0.3, -0.25) is 0 Å². The van der Waals surface area contributed by atoms with E-state index in [2.05, 4.69) is 46.1 Å². The molecule has 2 rings (SSSR count). The van der Waals surface area contributed by atoms with Crippen LogP contribution in [0.25, 0.3) is 0 Å². The lowest BCUT2D eigenvalue weighted by molar-refractivity contribution is 0.597. The van der Waals surface area contributed by atoms with Crippen molar-refractivity contribution in [2.24, 2.45) is 0 Å². The SMILES string of the molecule is Cc1cccc(CNCCn2ccnc2)c1. The molecular formula is C13H17N3. The minimum Gasteiger partial charge on any atom is -0.336 e. The second-order valence-electron chi connectivity index (χ2n) is 3.97. The van der Waals surface area contributed by atoms with Crippen LogP contribution in [-0.4, -0.2) is 16.1 Å².